The first-order valence-electron chi connectivity index (χ1n) is 7.01. The lowest BCUT2D eigenvalue weighted by molar-refractivity contribution is 1.70. The van der Waals surface area contributed by atoms with Gasteiger partial charge < -0.3 is 0 Å². The van der Waals surface area contributed by atoms with Crippen LogP contribution in [-0.4, -0.2) is 0 Å². The number of fused-ring (bicyclic) bond motifs is 2. The minimum absolute atomic E-state index is 1.14. The third-order valence-corrected chi connectivity index (χ3v) is 4.41. The molecular formula is C20H14Br2. The van der Waals surface area contributed by atoms with Gasteiger partial charge in [-0.1, -0.05) is 92.5 Å². The molecule has 0 aromatic heterocycles. The van der Waals surface area contributed by atoms with Crippen LogP contribution >= 0.6 is 31.9 Å². The van der Waals surface area contributed by atoms with Crippen LogP contribution in [0, 0.1) is 0 Å². The molecular weight excluding hydrogens is 400 g/mol. The van der Waals surface area contributed by atoms with E-state index in [0.717, 1.165) is 8.95 Å². The van der Waals surface area contributed by atoms with Crippen LogP contribution in [0.3, 0.4) is 0 Å². The van der Waals surface area contributed by atoms with E-state index in [-0.39, 0.29) is 0 Å². The molecule has 0 aliphatic carbocycles. The Morgan fingerprint density at radius 2 is 0.773 bits per heavy atom. The second-order valence-corrected chi connectivity index (χ2v) is 6.81. The molecule has 0 saturated carbocycles. The molecule has 0 atom stereocenters. The number of benzene rings is 4. The maximum Gasteiger partial charge on any atom is 0.0181 e. The van der Waals surface area contributed by atoms with Gasteiger partial charge in [-0.15, -0.1) is 0 Å². The van der Waals surface area contributed by atoms with E-state index in [1.165, 1.54) is 21.5 Å². The molecule has 4 aromatic carbocycles. The Labute approximate surface area is 147 Å². The van der Waals surface area contributed by atoms with Crippen molar-refractivity contribution in [3.05, 3.63) is 93.9 Å². The van der Waals surface area contributed by atoms with Crippen molar-refractivity contribution in [2.45, 2.75) is 0 Å². The summed E-state index contributed by atoms with van der Waals surface area (Å²) in [6.45, 7) is 0. The summed E-state index contributed by atoms with van der Waals surface area (Å²) in [5, 5.41) is 5.13. The molecule has 0 bridgehead atoms. The molecule has 4 aromatic rings. The van der Waals surface area contributed by atoms with Crippen LogP contribution < -0.4 is 0 Å². The van der Waals surface area contributed by atoms with Gasteiger partial charge in [-0.3, -0.25) is 0 Å². The largest absolute Gasteiger partial charge is 0.0616 e. The van der Waals surface area contributed by atoms with E-state index in [2.05, 4.69) is 117 Å². The lowest BCUT2D eigenvalue weighted by Crippen LogP contribution is -1.69. The molecule has 0 N–H and O–H groups in total. The fourth-order valence-corrected chi connectivity index (χ4v) is 3.08. The quantitative estimate of drug-likeness (QED) is 0.285. The van der Waals surface area contributed by atoms with Crippen molar-refractivity contribution < 1.29 is 0 Å². The van der Waals surface area contributed by atoms with E-state index in [1.807, 2.05) is 0 Å². The summed E-state index contributed by atoms with van der Waals surface area (Å²) in [7, 11) is 0. The molecule has 0 unspecified atom stereocenters. The third-order valence-electron chi connectivity index (χ3n) is 3.42. The van der Waals surface area contributed by atoms with Crippen molar-refractivity contribution in [3.8, 4) is 0 Å². The van der Waals surface area contributed by atoms with Gasteiger partial charge in [0, 0.05) is 8.95 Å². The van der Waals surface area contributed by atoms with Gasteiger partial charge in [0.2, 0.25) is 0 Å². The summed E-state index contributed by atoms with van der Waals surface area (Å²) >= 11 is 6.86. The zero-order valence-corrected chi connectivity index (χ0v) is 15.0. The highest BCUT2D eigenvalue weighted by molar-refractivity contribution is 9.10. The maximum atomic E-state index is 3.43. The molecule has 4 rings (SSSR count). The minimum Gasteiger partial charge on any atom is -0.0616 e. The van der Waals surface area contributed by atoms with E-state index in [4.69, 9.17) is 0 Å². The first-order chi connectivity index (χ1) is 10.7. The highest BCUT2D eigenvalue weighted by atomic mass is 79.9. The number of rotatable bonds is 0. The molecule has 0 spiro atoms. The molecule has 0 nitrogen and oxygen atoms in total. The average Bonchev–Trinajstić information content (AvgIpc) is 2.55. The minimum atomic E-state index is 1.14. The summed E-state index contributed by atoms with van der Waals surface area (Å²) in [5.41, 5.74) is 0. The summed E-state index contributed by atoms with van der Waals surface area (Å²) in [6.07, 6.45) is 0. The zero-order valence-electron chi connectivity index (χ0n) is 11.8. The van der Waals surface area contributed by atoms with Crippen LogP contribution in [0.2, 0.25) is 0 Å². The maximum absolute atomic E-state index is 3.43. The molecule has 0 saturated heterocycles. The van der Waals surface area contributed by atoms with Gasteiger partial charge in [-0.25, -0.2) is 0 Å². The molecule has 0 heterocycles. The third kappa shape index (κ3) is 3.76. The zero-order chi connectivity index (χ0) is 15.4. The Hall–Kier alpha value is -1.64. The van der Waals surface area contributed by atoms with E-state index in [9.17, 15) is 0 Å². The molecule has 0 amide bonds. The van der Waals surface area contributed by atoms with Crippen LogP contribution in [0.25, 0.3) is 21.5 Å². The van der Waals surface area contributed by atoms with Crippen molar-refractivity contribution in [1.82, 2.24) is 0 Å². The van der Waals surface area contributed by atoms with Gasteiger partial charge in [-0.05, 0) is 45.8 Å². The van der Waals surface area contributed by atoms with Gasteiger partial charge >= 0.3 is 0 Å². The van der Waals surface area contributed by atoms with Crippen LogP contribution in [-0.2, 0) is 0 Å². The number of hydrogen-bond donors (Lipinski definition) is 0. The van der Waals surface area contributed by atoms with Crippen molar-refractivity contribution in [2.24, 2.45) is 0 Å². The average molecular weight is 414 g/mol. The number of hydrogen-bond acceptors (Lipinski definition) is 0. The lowest BCUT2D eigenvalue weighted by atomic mass is 10.1. The molecule has 0 aliphatic heterocycles. The topological polar surface area (TPSA) is 0 Å². The van der Waals surface area contributed by atoms with E-state index in [1.54, 1.807) is 0 Å². The van der Waals surface area contributed by atoms with E-state index < -0.39 is 0 Å². The number of halogens is 2. The lowest BCUT2D eigenvalue weighted by Gasteiger charge is -1.95. The monoisotopic (exact) mass is 412 g/mol. The Morgan fingerprint density at radius 3 is 1.18 bits per heavy atom. The highest BCUT2D eigenvalue weighted by Crippen LogP contribution is 2.19. The first-order valence-corrected chi connectivity index (χ1v) is 8.59. The summed E-state index contributed by atoms with van der Waals surface area (Å²) in [4.78, 5) is 0. The summed E-state index contributed by atoms with van der Waals surface area (Å²) in [5.74, 6) is 0. The summed E-state index contributed by atoms with van der Waals surface area (Å²) < 4.78 is 2.27. The molecule has 22 heavy (non-hydrogen) atoms. The van der Waals surface area contributed by atoms with Gasteiger partial charge in [0.05, 0.1) is 0 Å². The fraction of sp³-hybridized carbons (Fsp3) is 0. The van der Waals surface area contributed by atoms with Gasteiger partial charge in [0.1, 0.15) is 0 Å². The Kier molecular flexibility index (Phi) is 4.91. The predicted octanol–water partition coefficient (Wildman–Crippen LogP) is 7.20. The first kappa shape index (κ1) is 15.3. The Balaban J connectivity index is 0.000000131. The fourth-order valence-electron chi connectivity index (χ4n) is 2.32. The molecule has 0 radical (unpaired) electrons. The van der Waals surface area contributed by atoms with Crippen LogP contribution in [0.15, 0.2) is 93.9 Å². The van der Waals surface area contributed by atoms with E-state index >= 15 is 0 Å². The van der Waals surface area contributed by atoms with Crippen molar-refractivity contribution in [1.29, 1.82) is 0 Å². The SMILES string of the molecule is Brc1ccc2ccccc2c1.Brc1ccc2ccccc2c1. The molecule has 2 heteroatoms. The van der Waals surface area contributed by atoms with E-state index in [0.29, 0.717) is 0 Å². The molecule has 0 aliphatic rings. The van der Waals surface area contributed by atoms with Gasteiger partial charge in [0.15, 0.2) is 0 Å². The normalized spacial score (nSPS) is 10.3. The van der Waals surface area contributed by atoms with Crippen LogP contribution in [0.4, 0.5) is 0 Å². The van der Waals surface area contributed by atoms with Crippen molar-refractivity contribution >= 4 is 53.4 Å². The summed E-state index contributed by atoms with van der Waals surface area (Å²) in [6, 6.07) is 29.2. The molecule has 0 fully saturated rings. The Morgan fingerprint density at radius 1 is 0.409 bits per heavy atom. The van der Waals surface area contributed by atoms with Crippen molar-refractivity contribution in [3.63, 3.8) is 0 Å². The van der Waals surface area contributed by atoms with Crippen LogP contribution in [0.1, 0.15) is 0 Å². The second kappa shape index (κ2) is 7.08. The highest BCUT2D eigenvalue weighted by Gasteiger charge is 1.91. The van der Waals surface area contributed by atoms with Crippen molar-refractivity contribution in [2.75, 3.05) is 0 Å². The second-order valence-electron chi connectivity index (χ2n) is 4.98. The van der Waals surface area contributed by atoms with Gasteiger partial charge in [-0.2, -0.15) is 0 Å². The molecule has 108 valence electrons. The smallest absolute Gasteiger partial charge is 0.0181 e. The predicted molar refractivity (Wildman–Crippen MR) is 103 cm³/mol. The van der Waals surface area contributed by atoms with Gasteiger partial charge in [0.25, 0.3) is 0 Å². The standard InChI is InChI=1S/2C10H7Br/c2*11-10-6-5-8-3-1-2-4-9(8)7-10/h2*1-7H. The van der Waals surface area contributed by atoms with Crippen LogP contribution in [0.5, 0.6) is 0 Å². The Bertz CT molecular complexity index is 836.